The lowest BCUT2D eigenvalue weighted by Gasteiger charge is -2.38. The van der Waals surface area contributed by atoms with Gasteiger partial charge in [-0.2, -0.15) is 0 Å². The normalized spacial score (nSPS) is 15.1. The monoisotopic (exact) mass is 418 g/mol. The van der Waals surface area contributed by atoms with Crippen molar-refractivity contribution in [3.63, 3.8) is 0 Å². The third-order valence-electron chi connectivity index (χ3n) is 5.57. The molecule has 0 unspecified atom stereocenters. The number of carbonyl (C=O) groups is 1. The third kappa shape index (κ3) is 4.14. The second-order valence-corrected chi connectivity index (χ2v) is 7.32. The molecule has 1 N–H and O–H groups in total. The molecular formula is C25H26N2O4. The number of methoxy groups -OCH3 is 3. The number of benzene rings is 3. The molecule has 1 heterocycles. The summed E-state index contributed by atoms with van der Waals surface area (Å²) in [6.07, 6.45) is 0.727. The van der Waals surface area contributed by atoms with Crippen LogP contribution in [-0.2, 0) is 6.42 Å². The van der Waals surface area contributed by atoms with E-state index in [0.717, 1.165) is 23.1 Å². The first-order valence-corrected chi connectivity index (χ1v) is 10.2. The molecule has 0 aromatic heterocycles. The number of hydrogen-bond donors (Lipinski definition) is 1. The highest BCUT2D eigenvalue weighted by atomic mass is 16.5. The first kappa shape index (κ1) is 20.6. The van der Waals surface area contributed by atoms with Crippen molar-refractivity contribution in [2.24, 2.45) is 0 Å². The van der Waals surface area contributed by atoms with Crippen LogP contribution in [0.15, 0.2) is 66.7 Å². The molecule has 6 heteroatoms. The van der Waals surface area contributed by atoms with Crippen LogP contribution in [0.25, 0.3) is 0 Å². The van der Waals surface area contributed by atoms with E-state index in [2.05, 4.69) is 5.32 Å². The average Bonchev–Trinajstić information content (AvgIpc) is 2.82. The Morgan fingerprint density at radius 1 is 0.903 bits per heavy atom. The minimum Gasteiger partial charge on any atom is -0.497 e. The number of anilines is 1. The molecule has 31 heavy (non-hydrogen) atoms. The standard InChI is InChI=1S/C25H26N2O4/c1-29-20-11-7-10-19(15-20)26-25(28)27-13-12-18-14-22(30-2)23(31-3)16-21(18)24(27)17-8-5-4-6-9-17/h4-11,14-16,24H,12-13H2,1-3H3,(H,26,28)/t24-/m0/s1. The Labute approximate surface area is 182 Å². The summed E-state index contributed by atoms with van der Waals surface area (Å²) >= 11 is 0. The second kappa shape index (κ2) is 9.00. The molecule has 0 fully saturated rings. The van der Waals surface area contributed by atoms with Crippen LogP contribution < -0.4 is 19.5 Å². The van der Waals surface area contributed by atoms with E-state index in [1.54, 1.807) is 27.4 Å². The molecule has 1 atom stereocenters. The lowest BCUT2D eigenvalue weighted by Crippen LogP contribution is -2.43. The highest BCUT2D eigenvalue weighted by Gasteiger charge is 2.33. The summed E-state index contributed by atoms with van der Waals surface area (Å²) in [5, 5.41) is 3.02. The smallest absolute Gasteiger partial charge is 0.322 e. The summed E-state index contributed by atoms with van der Waals surface area (Å²) in [5.74, 6) is 2.04. The maximum absolute atomic E-state index is 13.4. The first-order chi connectivity index (χ1) is 15.1. The number of amides is 2. The first-order valence-electron chi connectivity index (χ1n) is 10.2. The molecule has 4 rings (SSSR count). The van der Waals surface area contributed by atoms with Gasteiger partial charge in [0, 0.05) is 18.3 Å². The van der Waals surface area contributed by atoms with Crippen molar-refractivity contribution in [3.8, 4) is 17.2 Å². The average molecular weight is 418 g/mol. The number of hydrogen-bond acceptors (Lipinski definition) is 4. The van der Waals surface area contributed by atoms with Gasteiger partial charge < -0.3 is 24.4 Å². The molecule has 1 aliphatic rings. The van der Waals surface area contributed by atoms with Crippen molar-refractivity contribution in [1.29, 1.82) is 0 Å². The molecule has 0 saturated carbocycles. The molecule has 1 aliphatic heterocycles. The topological polar surface area (TPSA) is 60.0 Å². The summed E-state index contributed by atoms with van der Waals surface area (Å²) < 4.78 is 16.3. The summed E-state index contributed by atoms with van der Waals surface area (Å²) in [4.78, 5) is 15.2. The molecule has 0 saturated heterocycles. The Hall–Kier alpha value is -3.67. The van der Waals surface area contributed by atoms with Crippen LogP contribution in [-0.4, -0.2) is 38.8 Å². The van der Waals surface area contributed by atoms with E-state index in [9.17, 15) is 4.79 Å². The van der Waals surface area contributed by atoms with Crippen molar-refractivity contribution in [2.75, 3.05) is 33.2 Å². The van der Waals surface area contributed by atoms with Crippen molar-refractivity contribution < 1.29 is 19.0 Å². The van der Waals surface area contributed by atoms with Gasteiger partial charge in [0.15, 0.2) is 11.5 Å². The van der Waals surface area contributed by atoms with Gasteiger partial charge in [-0.3, -0.25) is 0 Å². The van der Waals surface area contributed by atoms with Crippen molar-refractivity contribution in [2.45, 2.75) is 12.5 Å². The fourth-order valence-electron chi connectivity index (χ4n) is 4.06. The number of nitrogens with zero attached hydrogens (tertiary/aromatic N) is 1. The summed E-state index contributed by atoms with van der Waals surface area (Å²) in [6.45, 7) is 0.581. The lowest BCUT2D eigenvalue weighted by molar-refractivity contribution is 0.193. The number of ether oxygens (including phenoxy) is 3. The number of rotatable bonds is 5. The lowest BCUT2D eigenvalue weighted by atomic mass is 9.88. The van der Waals surface area contributed by atoms with E-state index in [4.69, 9.17) is 14.2 Å². The molecule has 0 bridgehead atoms. The Bertz CT molecular complexity index is 1070. The van der Waals surface area contributed by atoms with E-state index in [1.165, 1.54) is 0 Å². The van der Waals surface area contributed by atoms with Crippen molar-refractivity contribution >= 4 is 11.7 Å². The number of urea groups is 1. The molecular weight excluding hydrogens is 392 g/mol. The zero-order valence-corrected chi connectivity index (χ0v) is 17.9. The van der Waals surface area contributed by atoms with E-state index >= 15 is 0 Å². The zero-order valence-electron chi connectivity index (χ0n) is 17.9. The summed E-state index contributed by atoms with van der Waals surface area (Å²) in [7, 11) is 4.86. The Morgan fingerprint density at radius 2 is 1.65 bits per heavy atom. The van der Waals surface area contributed by atoms with Gasteiger partial charge in [0.2, 0.25) is 0 Å². The SMILES string of the molecule is COc1cccc(NC(=O)N2CCc3cc(OC)c(OC)cc3[C@@H]2c2ccccc2)c1. The van der Waals surface area contributed by atoms with E-state index in [0.29, 0.717) is 29.5 Å². The maximum atomic E-state index is 13.4. The second-order valence-electron chi connectivity index (χ2n) is 7.32. The minimum atomic E-state index is -0.240. The molecule has 3 aromatic carbocycles. The van der Waals surface area contributed by atoms with E-state index in [1.807, 2.05) is 65.6 Å². The van der Waals surface area contributed by atoms with Gasteiger partial charge in [0.25, 0.3) is 0 Å². The van der Waals surface area contributed by atoms with Gasteiger partial charge >= 0.3 is 6.03 Å². The van der Waals surface area contributed by atoms with E-state index in [-0.39, 0.29) is 12.1 Å². The zero-order chi connectivity index (χ0) is 21.8. The largest absolute Gasteiger partial charge is 0.497 e. The maximum Gasteiger partial charge on any atom is 0.322 e. The van der Waals surface area contributed by atoms with Gasteiger partial charge in [0.05, 0.1) is 27.4 Å². The van der Waals surface area contributed by atoms with Crippen molar-refractivity contribution in [3.05, 3.63) is 83.4 Å². The van der Waals surface area contributed by atoms with Crippen LogP contribution in [0, 0.1) is 0 Å². The van der Waals surface area contributed by atoms with Gasteiger partial charge in [-0.1, -0.05) is 36.4 Å². The highest BCUT2D eigenvalue weighted by Crippen LogP contribution is 2.41. The molecule has 6 nitrogen and oxygen atoms in total. The van der Waals surface area contributed by atoms with Gasteiger partial charge in [-0.15, -0.1) is 0 Å². The van der Waals surface area contributed by atoms with Crippen molar-refractivity contribution in [1.82, 2.24) is 4.90 Å². The van der Waals surface area contributed by atoms with Crippen LogP contribution >= 0.6 is 0 Å². The summed E-state index contributed by atoms with van der Waals surface area (Å²) in [5.41, 5.74) is 3.92. The quantitative estimate of drug-likeness (QED) is 0.641. The number of fused-ring (bicyclic) bond motifs is 1. The van der Waals surface area contributed by atoms with Gasteiger partial charge in [-0.05, 0) is 47.4 Å². The predicted molar refractivity (Wildman–Crippen MR) is 120 cm³/mol. The van der Waals surface area contributed by atoms with E-state index < -0.39 is 0 Å². The van der Waals surface area contributed by atoms with Crippen LogP contribution in [0.5, 0.6) is 17.2 Å². The minimum absolute atomic E-state index is 0.164. The Kier molecular flexibility index (Phi) is 5.98. The Balaban J connectivity index is 1.73. The molecule has 160 valence electrons. The number of carbonyl (C=O) groups excluding carboxylic acids is 1. The third-order valence-corrected chi connectivity index (χ3v) is 5.57. The highest BCUT2D eigenvalue weighted by molar-refractivity contribution is 5.90. The van der Waals surface area contributed by atoms with Gasteiger partial charge in [-0.25, -0.2) is 4.79 Å². The Morgan fingerprint density at radius 3 is 2.35 bits per heavy atom. The molecule has 2 amide bonds. The predicted octanol–water partition coefficient (Wildman–Crippen LogP) is 4.89. The summed E-state index contributed by atoms with van der Waals surface area (Å²) in [6, 6.07) is 21.0. The molecule has 0 aliphatic carbocycles. The number of nitrogens with one attached hydrogen (secondary N) is 1. The van der Waals surface area contributed by atoms with Crippen LogP contribution in [0.1, 0.15) is 22.7 Å². The van der Waals surface area contributed by atoms with Crippen LogP contribution in [0.3, 0.4) is 0 Å². The van der Waals surface area contributed by atoms with Crippen LogP contribution in [0.4, 0.5) is 10.5 Å². The van der Waals surface area contributed by atoms with Gasteiger partial charge in [0.1, 0.15) is 5.75 Å². The molecule has 3 aromatic rings. The molecule has 0 radical (unpaired) electrons. The fourth-order valence-corrected chi connectivity index (χ4v) is 4.06. The molecule has 0 spiro atoms. The van der Waals surface area contributed by atoms with Crippen LogP contribution in [0.2, 0.25) is 0 Å². The fraction of sp³-hybridized carbons (Fsp3) is 0.240.